The topological polar surface area (TPSA) is 41.1 Å². The monoisotopic (exact) mass is 240 g/mol. The Labute approximate surface area is 106 Å². The number of nitrogens with one attached hydrogen (secondary N) is 2. The molecule has 1 aliphatic carbocycles. The van der Waals surface area contributed by atoms with Crippen LogP contribution in [0.2, 0.25) is 0 Å². The van der Waals surface area contributed by atoms with Crippen LogP contribution in [0.15, 0.2) is 0 Å². The number of carbonyl (C=O) groups excluding carboxylic acids is 1. The van der Waals surface area contributed by atoms with Gasteiger partial charge in [0.1, 0.15) is 0 Å². The lowest BCUT2D eigenvalue weighted by Gasteiger charge is -2.16. The summed E-state index contributed by atoms with van der Waals surface area (Å²) in [7, 11) is 0. The maximum absolute atomic E-state index is 11.4. The molecule has 0 aromatic carbocycles. The second-order valence-corrected chi connectivity index (χ2v) is 5.15. The van der Waals surface area contributed by atoms with Crippen molar-refractivity contribution in [3.63, 3.8) is 0 Å². The summed E-state index contributed by atoms with van der Waals surface area (Å²) in [6, 6.07) is 1.14. The Kier molecular flexibility index (Phi) is 7.25. The van der Waals surface area contributed by atoms with Gasteiger partial charge in [0.15, 0.2) is 0 Å². The van der Waals surface area contributed by atoms with Gasteiger partial charge in [-0.3, -0.25) is 4.79 Å². The van der Waals surface area contributed by atoms with Gasteiger partial charge in [0.05, 0.1) is 0 Å². The third-order valence-electron chi connectivity index (χ3n) is 3.36. The highest BCUT2D eigenvalue weighted by Gasteiger charge is 2.22. The highest BCUT2D eigenvalue weighted by Crippen LogP contribution is 2.18. The van der Waals surface area contributed by atoms with Crippen molar-refractivity contribution in [1.82, 2.24) is 10.6 Å². The Morgan fingerprint density at radius 3 is 2.65 bits per heavy atom. The summed E-state index contributed by atoms with van der Waals surface area (Å²) in [4.78, 5) is 11.4. The van der Waals surface area contributed by atoms with Gasteiger partial charge in [-0.15, -0.1) is 0 Å². The van der Waals surface area contributed by atoms with Crippen molar-refractivity contribution >= 4 is 5.91 Å². The smallest absolute Gasteiger partial charge is 0.220 e. The second-order valence-electron chi connectivity index (χ2n) is 5.15. The average molecular weight is 240 g/mol. The first-order valence-corrected chi connectivity index (χ1v) is 7.29. The van der Waals surface area contributed by atoms with E-state index in [1.54, 1.807) is 0 Å². The maximum Gasteiger partial charge on any atom is 0.220 e. The fraction of sp³-hybridized carbons (Fsp3) is 0.929. The summed E-state index contributed by atoms with van der Waals surface area (Å²) in [6.07, 6.45) is 9.01. The number of carbonyl (C=O) groups is 1. The van der Waals surface area contributed by atoms with E-state index in [4.69, 9.17) is 0 Å². The highest BCUT2D eigenvalue weighted by atomic mass is 16.1. The molecule has 3 nitrogen and oxygen atoms in total. The molecule has 0 aromatic rings. The number of unbranched alkanes of at least 4 members (excludes halogenated alkanes) is 1. The van der Waals surface area contributed by atoms with E-state index in [0.717, 1.165) is 13.0 Å². The van der Waals surface area contributed by atoms with Gasteiger partial charge in [-0.25, -0.2) is 0 Å². The van der Waals surface area contributed by atoms with E-state index in [0.29, 0.717) is 18.5 Å². The van der Waals surface area contributed by atoms with Crippen LogP contribution >= 0.6 is 0 Å². The lowest BCUT2D eigenvalue weighted by Crippen LogP contribution is -2.31. The Morgan fingerprint density at radius 2 is 2.06 bits per heavy atom. The summed E-state index contributed by atoms with van der Waals surface area (Å²) in [5.74, 6) is 0.232. The largest absolute Gasteiger partial charge is 0.353 e. The normalized spacial score (nSPS) is 16.8. The average Bonchev–Trinajstić information content (AvgIpc) is 3.12. The molecule has 1 fully saturated rings. The van der Waals surface area contributed by atoms with E-state index in [-0.39, 0.29) is 5.91 Å². The Morgan fingerprint density at radius 1 is 1.29 bits per heavy atom. The molecular formula is C14H28N2O. The lowest BCUT2D eigenvalue weighted by atomic mass is 10.1. The van der Waals surface area contributed by atoms with Crippen LogP contribution in [-0.2, 0) is 4.79 Å². The molecule has 1 atom stereocenters. The highest BCUT2D eigenvalue weighted by molar-refractivity contribution is 5.76. The zero-order valence-corrected chi connectivity index (χ0v) is 11.4. The minimum Gasteiger partial charge on any atom is -0.353 e. The van der Waals surface area contributed by atoms with Gasteiger partial charge in [0.25, 0.3) is 0 Å². The molecule has 0 heterocycles. The van der Waals surface area contributed by atoms with Gasteiger partial charge in [0.2, 0.25) is 5.91 Å². The first-order valence-electron chi connectivity index (χ1n) is 7.29. The molecule has 1 amide bonds. The number of amides is 1. The molecule has 0 aliphatic heterocycles. The zero-order chi connectivity index (χ0) is 12.5. The van der Waals surface area contributed by atoms with Gasteiger partial charge in [-0.05, 0) is 38.6 Å². The van der Waals surface area contributed by atoms with Crippen LogP contribution in [0.3, 0.4) is 0 Å². The third kappa shape index (κ3) is 7.37. The molecule has 0 radical (unpaired) electrons. The molecule has 1 rings (SSSR count). The van der Waals surface area contributed by atoms with Gasteiger partial charge in [0, 0.05) is 18.5 Å². The van der Waals surface area contributed by atoms with Crippen LogP contribution in [0.4, 0.5) is 0 Å². The first kappa shape index (κ1) is 14.5. The molecule has 2 N–H and O–H groups in total. The molecule has 3 heteroatoms. The van der Waals surface area contributed by atoms with Crippen LogP contribution in [-0.4, -0.2) is 24.5 Å². The van der Waals surface area contributed by atoms with Crippen molar-refractivity contribution < 1.29 is 4.79 Å². The molecule has 1 unspecified atom stereocenters. The minimum absolute atomic E-state index is 0.232. The van der Waals surface area contributed by atoms with Crippen molar-refractivity contribution in [2.45, 2.75) is 77.3 Å². The Bertz CT molecular complexity index is 214. The standard InChI is InChI=1S/C14H28N2O/c1-3-5-7-12(4-2)15-11-6-8-14(17)16-13-9-10-13/h12-13,15H,3-11H2,1-2H3,(H,16,17). The summed E-state index contributed by atoms with van der Waals surface area (Å²) in [6.45, 7) is 5.43. The van der Waals surface area contributed by atoms with Crippen molar-refractivity contribution in [3.05, 3.63) is 0 Å². The molecule has 17 heavy (non-hydrogen) atoms. The van der Waals surface area contributed by atoms with E-state index < -0.39 is 0 Å². The summed E-state index contributed by atoms with van der Waals surface area (Å²) >= 11 is 0. The van der Waals surface area contributed by atoms with Gasteiger partial charge < -0.3 is 10.6 Å². The SMILES string of the molecule is CCCCC(CC)NCCCC(=O)NC1CC1. The van der Waals surface area contributed by atoms with E-state index in [2.05, 4.69) is 24.5 Å². The summed E-state index contributed by atoms with van der Waals surface area (Å²) in [5.41, 5.74) is 0. The number of hydrogen-bond donors (Lipinski definition) is 2. The summed E-state index contributed by atoms with van der Waals surface area (Å²) < 4.78 is 0. The maximum atomic E-state index is 11.4. The first-order chi connectivity index (χ1) is 8.26. The third-order valence-corrected chi connectivity index (χ3v) is 3.36. The minimum atomic E-state index is 0.232. The molecule has 0 bridgehead atoms. The van der Waals surface area contributed by atoms with Crippen molar-refractivity contribution in [1.29, 1.82) is 0 Å². The van der Waals surface area contributed by atoms with E-state index in [1.165, 1.54) is 38.5 Å². The molecule has 1 saturated carbocycles. The van der Waals surface area contributed by atoms with E-state index in [9.17, 15) is 4.79 Å². The predicted molar refractivity (Wildman–Crippen MR) is 72.0 cm³/mol. The molecule has 0 spiro atoms. The number of rotatable bonds is 10. The number of hydrogen-bond acceptors (Lipinski definition) is 2. The van der Waals surface area contributed by atoms with Crippen molar-refractivity contribution in [2.75, 3.05) is 6.54 Å². The van der Waals surface area contributed by atoms with Crippen molar-refractivity contribution in [3.8, 4) is 0 Å². The molecule has 1 aliphatic rings. The van der Waals surface area contributed by atoms with Crippen molar-refractivity contribution in [2.24, 2.45) is 0 Å². The quantitative estimate of drug-likeness (QED) is 0.576. The van der Waals surface area contributed by atoms with Crippen LogP contribution in [0.25, 0.3) is 0 Å². The Hall–Kier alpha value is -0.570. The molecule has 100 valence electrons. The predicted octanol–water partition coefficient (Wildman–Crippen LogP) is 2.60. The van der Waals surface area contributed by atoms with E-state index >= 15 is 0 Å². The van der Waals surface area contributed by atoms with Gasteiger partial charge >= 0.3 is 0 Å². The van der Waals surface area contributed by atoms with Crippen LogP contribution in [0.1, 0.15) is 65.2 Å². The second kappa shape index (κ2) is 8.51. The van der Waals surface area contributed by atoms with Crippen LogP contribution in [0.5, 0.6) is 0 Å². The molecule has 0 aromatic heterocycles. The fourth-order valence-corrected chi connectivity index (χ4v) is 1.98. The lowest BCUT2D eigenvalue weighted by molar-refractivity contribution is -0.121. The van der Waals surface area contributed by atoms with Gasteiger partial charge in [-0.1, -0.05) is 26.7 Å². The van der Waals surface area contributed by atoms with Crippen LogP contribution < -0.4 is 10.6 Å². The molecule has 0 saturated heterocycles. The summed E-state index contributed by atoms with van der Waals surface area (Å²) in [5, 5.41) is 6.57. The van der Waals surface area contributed by atoms with Gasteiger partial charge in [-0.2, -0.15) is 0 Å². The Balaban J connectivity index is 1.95. The van der Waals surface area contributed by atoms with E-state index in [1.807, 2.05) is 0 Å². The fourth-order valence-electron chi connectivity index (χ4n) is 1.98. The zero-order valence-electron chi connectivity index (χ0n) is 11.4. The molecular weight excluding hydrogens is 212 g/mol. The van der Waals surface area contributed by atoms with Crippen LogP contribution in [0, 0.1) is 0 Å².